The minimum absolute atomic E-state index is 0.0947. The van der Waals surface area contributed by atoms with Gasteiger partial charge in [0.05, 0.1) is 11.7 Å². The highest BCUT2D eigenvalue weighted by Crippen LogP contribution is 2.35. The molecule has 1 heterocycles. The van der Waals surface area contributed by atoms with Gasteiger partial charge in [0.15, 0.2) is 11.5 Å². The number of amides is 2. The zero-order chi connectivity index (χ0) is 20.9. The van der Waals surface area contributed by atoms with E-state index in [9.17, 15) is 9.59 Å². The number of nitrogens with zero attached hydrogens (tertiary/aromatic N) is 1. The maximum absolute atomic E-state index is 13.1. The van der Waals surface area contributed by atoms with E-state index in [-0.39, 0.29) is 30.2 Å². The van der Waals surface area contributed by atoms with Crippen LogP contribution in [0, 0.1) is 0 Å². The van der Waals surface area contributed by atoms with Crippen molar-refractivity contribution in [2.45, 2.75) is 13.0 Å². The molecular weight excluding hydrogens is 376 g/mol. The van der Waals surface area contributed by atoms with Crippen LogP contribution in [0.4, 0.5) is 5.69 Å². The fourth-order valence-electron chi connectivity index (χ4n) is 3.38. The number of anilines is 1. The van der Waals surface area contributed by atoms with E-state index >= 15 is 0 Å². The largest absolute Gasteiger partial charge is 0.449 e. The first kappa shape index (κ1) is 19.5. The Kier molecular flexibility index (Phi) is 5.61. The quantitative estimate of drug-likeness (QED) is 0.651. The normalized spacial score (nSPS) is 15.3. The summed E-state index contributed by atoms with van der Waals surface area (Å²) in [6, 6.07) is 26.3. The van der Waals surface area contributed by atoms with E-state index in [2.05, 4.69) is 5.32 Å². The van der Waals surface area contributed by atoms with E-state index < -0.39 is 0 Å². The molecule has 4 rings (SSSR count). The zero-order valence-corrected chi connectivity index (χ0v) is 16.6. The highest BCUT2D eigenvalue weighted by atomic mass is 16.5. The highest BCUT2D eigenvalue weighted by molar-refractivity contribution is 6.12. The second kappa shape index (κ2) is 8.66. The second-order valence-electron chi connectivity index (χ2n) is 7.08. The standard InChI is InChI=1S/C25H22N2O3/c1-18(20-12-6-3-7-13-20)26-24(28)17-27-21-14-8-9-15-22(21)30-23(25(27)29)16-19-10-4-2-5-11-19/h2-16,18H,17H2,1H3,(H,26,28)/b23-16+/t18-/m0/s1. The van der Waals surface area contributed by atoms with Crippen molar-refractivity contribution in [3.8, 4) is 5.75 Å². The third kappa shape index (κ3) is 4.25. The van der Waals surface area contributed by atoms with Crippen molar-refractivity contribution in [2.75, 3.05) is 11.4 Å². The van der Waals surface area contributed by atoms with Crippen LogP contribution in [0.1, 0.15) is 24.1 Å². The first-order valence-electron chi connectivity index (χ1n) is 9.81. The summed E-state index contributed by atoms with van der Waals surface area (Å²) in [7, 11) is 0. The van der Waals surface area contributed by atoms with Gasteiger partial charge in [0.2, 0.25) is 5.91 Å². The van der Waals surface area contributed by atoms with Crippen LogP contribution in [0.5, 0.6) is 5.75 Å². The lowest BCUT2D eigenvalue weighted by Crippen LogP contribution is -2.44. The molecular formula is C25H22N2O3. The molecule has 1 aliphatic rings. The number of fused-ring (bicyclic) bond motifs is 1. The van der Waals surface area contributed by atoms with Crippen LogP contribution < -0.4 is 15.0 Å². The van der Waals surface area contributed by atoms with Crippen LogP contribution in [0.3, 0.4) is 0 Å². The highest BCUT2D eigenvalue weighted by Gasteiger charge is 2.31. The Morgan fingerprint density at radius 2 is 1.60 bits per heavy atom. The molecule has 3 aromatic rings. The Morgan fingerprint density at radius 1 is 0.967 bits per heavy atom. The van der Waals surface area contributed by atoms with Crippen molar-refractivity contribution in [1.29, 1.82) is 0 Å². The second-order valence-corrected chi connectivity index (χ2v) is 7.08. The monoisotopic (exact) mass is 398 g/mol. The molecule has 1 atom stereocenters. The fraction of sp³-hybridized carbons (Fsp3) is 0.120. The maximum atomic E-state index is 13.1. The molecule has 0 saturated heterocycles. The van der Waals surface area contributed by atoms with E-state index in [1.807, 2.05) is 79.7 Å². The number of benzene rings is 3. The Morgan fingerprint density at radius 3 is 2.33 bits per heavy atom. The predicted octanol–water partition coefficient (Wildman–Crippen LogP) is 4.33. The van der Waals surface area contributed by atoms with Crippen molar-refractivity contribution >= 4 is 23.6 Å². The Balaban J connectivity index is 1.57. The van der Waals surface area contributed by atoms with Gasteiger partial charge in [0, 0.05) is 0 Å². The zero-order valence-electron chi connectivity index (χ0n) is 16.6. The number of ether oxygens (including phenoxy) is 1. The van der Waals surface area contributed by atoms with E-state index in [4.69, 9.17) is 4.74 Å². The van der Waals surface area contributed by atoms with E-state index in [0.717, 1.165) is 11.1 Å². The number of carbonyl (C=O) groups is 2. The number of hydrogen-bond acceptors (Lipinski definition) is 3. The van der Waals surface area contributed by atoms with Crippen molar-refractivity contribution < 1.29 is 14.3 Å². The lowest BCUT2D eigenvalue weighted by atomic mass is 10.1. The number of rotatable bonds is 5. The van der Waals surface area contributed by atoms with Gasteiger partial charge >= 0.3 is 0 Å². The first-order valence-corrected chi connectivity index (χ1v) is 9.81. The molecule has 0 bridgehead atoms. The maximum Gasteiger partial charge on any atom is 0.294 e. The summed E-state index contributed by atoms with van der Waals surface area (Å²) >= 11 is 0. The summed E-state index contributed by atoms with van der Waals surface area (Å²) in [5.74, 6) is 0.141. The summed E-state index contributed by atoms with van der Waals surface area (Å²) in [5.41, 5.74) is 2.43. The summed E-state index contributed by atoms with van der Waals surface area (Å²) in [5, 5.41) is 2.97. The Labute approximate surface area is 175 Å². The molecule has 0 saturated carbocycles. The third-order valence-corrected chi connectivity index (χ3v) is 4.91. The van der Waals surface area contributed by atoms with E-state index in [0.29, 0.717) is 11.4 Å². The van der Waals surface area contributed by atoms with Gasteiger partial charge in [0.25, 0.3) is 5.91 Å². The molecule has 0 radical (unpaired) electrons. The van der Waals surface area contributed by atoms with Gasteiger partial charge in [-0.05, 0) is 36.3 Å². The van der Waals surface area contributed by atoms with E-state index in [1.54, 1.807) is 18.2 Å². The van der Waals surface area contributed by atoms with Crippen molar-refractivity contribution in [3.05, 3.63) is 102 Å². The molecule has 0 spiro atoms. The molecule has 5 heteroatoms. The minimum Gasteiger partial charge on any atom is -0.449 e. The number of carbonyl (C=O) groups excluding carboxylic acids is 2. The summed E-state index contributed by atoms with van der Waals surface area (Å²) in [4.78, 5) is 27.3. The lowest BCUT2D eigenvalue weighted by molar-refractivity contribution is -0.123. The van der Waals surface area contributed by atoms with Gasteiger partial charge in [0.1, 0.15) is 6.54 Å². The van der Waals surface area contributed by atoms with Crippen molar-refractivity contribution in [2.24, 2.45) is 0 Å². The molecule has 30 heavy (non-hydrogen) atoms. The van der Waals surface area contributed by atoms with Crippen molar-refractivity contribution in [3.63, 3.8) is 0 Å². The predicted molar refractivity (Wildman–Crippen MR) is 117 cm³/mol. The summed E-state index contributed by atoms with van der Waals surface area (Å²) in [6.45, 7) is 1.82. The molecule has 0 aromatic heterocycles. The first-order chi connectivity index (χ1) is 14.6. The number of nitrogens with one attached hydrogen (secondary N) is 1. The van der Waals surface area contributed by atoms with Gasteiger partial charge in [-0.25, -0.2) is 0 Å². The van der Waals surface area contributed by atoms with Gasteiger partial charge in [-0.15, -0.1) is 0 Å². The van der Waals surface area contributed by atoms with Crippen LogP contribution >= 0.6 is 0 Å². The Bertz CT molecular complexity index is 1080. The molecule has 5 nitrogen and oxygen atoms in total. The summed E-state index contributed by atoms with van der Waals surface area (Å²) in [6.07, 6.45) is 1.69. The topological polar surface area (TPSA) is 58.6 Å². The van der Waals surface area contributed by atoms with Crippen LogP contribution in [0.2, 0.25) is 0 Å². The van der Waals surface area contributed by atoms with Crippen LogP contribution in [0.15, 0.2) is 90.7 Å². The molecule has 0 unspecified atom stereocenters. The van der Waals surface area contributed by atoms with Gasteiger partial charge in [-0.2, -0.15) is 0 Å². The minimum atomic E-state index is -0.347. The SMILES string of the molecule is C[C@H](NC(=O)CN1C(=O)/C(=C\c2ccccc2)Oc2ccccc21)c1ccccc1. The van der Waals surface area contributed by atoms with Gasteiger partial charge in [-0.3, -0.25) is 14.5 Å². The fourth-order valence-corrected chi connectivity index (χ4v) is 3.38. The molecule has 3 aromatic carbocycles. The average molecular weight is 398 g/mol. The van der Waals surface area contributed by atoms with Crippen LogP contribution in [0.25, 0.3) is 6.08 Å². The molecule has 150 valence electrons. The Hall–Kier alpha value is -3.86. The molecule has 0 aliphatic carbocycles. The third-order valence-electron chi connectivity index (χ3n) is 4.91. The number of hydrogen-bond donors (Lipinski definition) is 1. The van der Waals surface area contributed by atoms with E-state index in [1.165, 1.54) is 4.90 Å². The summed E-state index contributed by atoms with van der Waals surface area (Å²) < 4.78 is 5.85. The molecule has 1 N–H and O–H groups in total. The van der Waals surface area contributed by atoms with Gasteiger partial charge in [-0.1, -0.05) is 72.8 Å². The molecule has 1 aliphatic heterocycles. The van der Waals surface area contributed by atoms with Crippen LogP contribution in [-0.2, 0) is 9.59 Å². The van der Waals surface area contributed by atoms with Crippen LogP contribution in [-0.4, -0.2) is 18.4 Å². The number of para-hydroxylation sites is 2. The molecule has 0 fully saturated rings. The average Bonchev–Trinajstić information content (AvgIpc) is 2.78. The van der Waals surface area contributed by atoms with Gasteiger partial charge < -0.3 is 10.1 Å². The lowest BCUT2D eigenvalue weighted by Gasteiger charge is -2.30. The molecule has 2 amide bonds. The smallest absolute Gasteiger partial charge is 0.294 e. The van der Waals surface area contributed by atoms with Crippen molar-refractivity contribution in [1.82, 2.24) is 5.32 Å².